The van der Waals surface area contributed by atoms with E-state index in [4.69, 9.17) is 9.57 Å². The molecule has 2 aromatic carbocycles. The molecule has 168 valence electrons. The number of para-hydroxylation sites is 2. The summed E-state index contributed by atoms with van der Waals surface area (Å²) in [5.74, 6) is -0.321. The molecule has 32 heavy (non-hydrogen) atoms. The van der Waals surface area contributed by atoms with Crippen molar-refractivity contribution >= 4 is 33.5 Å². The Hall–Kier alpha value is -3.19. The van der Waals surface area contributed by atoms with Crippen molar-refractivity contribution in [2.45, 2.75) is 57.8 Å². The molecule has 1 aliphatic heterocycles. The highest BCUT2D eigenvalue weighted by atomic mass is 16.6. The number of aliphatic hydroxyl groups is 1. The molecule has 1 aromatic heterocycles. The lowest BCUT2D eigenvalue weighted by Crippen LogP contribution is -2.24. The molecular weight excluding hydrogens is 408 g/mol. The number of nitrogens with zero attached hydrogens (tertiary/aromatic N) is 2. The largest absolute Gasteiger partial charge is 0.463 e. The molecule has 0 amide bonds. The summed E-state index contributed by atoms with van der Waals surface area (Å²) in [4.78, 5) is 30.1. The molecule has 0 bridgehead atoms. The van der Waals surface area contributed by atoms with Crippen LogP contribution in [0, 0.1) is 0 Å². The van der Waals surface area contributed by atoms with E-state index in [0.29, 0.717) is 36.6 Å². The Kier molecular flexibility index (Phi) is 6.85. The molecule has 0 saturated carbocycles. The van der Waals surface area contributed by atoms with Gasteiger partial charge in [-0.3, -0.25) is 9.59 Å². The Labute approximate surface area is 186 Å². The second-order valence-corrected chi connectivity index (χ2v) is 8.30. The third-order valence-corrected chi connectivity index (χ3v) is 5.74. The fourth-order valence-corrected chi connectivity index (χ4v) is 4.18. The van der Waals surface area contributed by atoms with Crippen molar-refractivity contribution in [2.24, 2.45) is 5.16 Å². The Morgan fingerprint density at radius 3 is 2.44 bits per heavy atom. The number of aliphatic hydroxyl groups excluding tert-OH is 1. The monoisotopic (exact) mass is 436 g/mol. The fourth-order valence-electron chi connectivity index (χ4n) is 4.18. The normalized spacial score (nSPS) is 16.7. The lowest BCUT2D eigenvalue weighted by molar-refractivity contribution is -0.147. The number of oxime groups is 1. The molecule has 0 fully saturated rings. The molecule has 0 aliphatic carbocycles. The van der Waals surface area contributed by atoms with Crippen LogP contribution in [0.4, 0.5) is 0 Å². The summed E-state index contributed by atoms with van der Waals surface area (Å²) in [5, 5.41) is 15.3. The van der Waals surface area contributed by atoms with Gasteiger partial charge in [0, 0.05) is 36.6 Å². The van der Waals surface area contributed by atoms with Gasteiger partial charge in [-0.1, -0.05) is 29.4 Å². The van der Waals surface area contributed by atoms with Crippen LogP contribution in [0.25, 0.3) is 21.8 Å². The van der Waals surface area contributed by atoms with Gasteiger partial charge >= 0.3 is 5.97 Å². The molecule has 3 aromatic rings. The molecule has 7 heteroatoms. The van der Waals surface area contributed by atoms with Crippen molar-refractivity contribution in [2.75, 3.05) is 6.61 Å². The molecule has 1 N–H and O–H groups in total. The van der Waals surface area contributed by atoms with Crippen molar-refractivity contribution in [3.05, 3.63) is 58.8 Å². The standard InChI is InChI=1S/C25H28N2O5/c1-17-14-19(32-26-17)15-18(28)16-31-24(29)12-6-7-13-27-22-10-4-2-8-20(22)25(30)21-9-3-5-11-23(21)27/h2-5,8-11,18-19,28H,6-7,12-16H2,1H3. The summed E-state index contributed by atoms with van der Waals surface area (Å²) in [5.41, 5.74) is 2.74. The highest BCUT2D eigenvalue weighted by Gasteiger charge is 2.22. The van der Waals surface area contributed by atoms with Gasteiger partial charge in [-0.2, -0.15) is 0 Å². The first-order valence-electron chi connectivity index (χ1n) is 11.1. The summed E-state index contributed by atoms with van der Waals surface area (Å²) in [6, 6.07) is 15.2. The average molecular weight is 437 g/mol. The third kappa shape index (κ3) is 4.99. The third-order valence-electron chi connectivity index (χ3n) is 5.74. The van der Waals surface area contributed by atoms with Gasteiger partial charge in [0.1, 0.15) is 12.7 Å². The first kappa shape index (κ1) is 22.0. The predicted octanol–water partition coefficient (Wildman–Crippen LogP) is 3.78. The first-order chi connectivity index (χ1) is 15.5. The Morgan fingerprint density at radius 2 is 1.81 bits per heavy atom. The number of esters is 1. The highest BCUT2D eigenvalue weighted by Crippen LogP contribution is 2.20. The zero-order chi connectivity index (χ0) is 22.5. The van der Waals surface area contributed by atoms with Gasteiger partial charge in [-0.05, 0) is 44.0 Å². The number of carbonyl (C=O) groups is 1. The summed E-state index contributed by atoms with van der Waals surface area (Å²) >= 11 is 0. The zero-order valence-corrected chi connectivity index (χ0v) is 18.2. The van der Waals surface area contributed by atoms with E-state index in [2.05, 4.69) is 9.72 Å². The van der Waals surface area contributed by atoms with E-state index < -0.39 is 6.10 Å². The summed E-state index contributed by atoms with van der Waals surface area (Å²) in [6.45, 7) is 2.54. The number of unbranched alkanes of at least 4 members (excludes halogenated alkanes) is 1. The zero-order valence-electron chi connectivity index (χ0n) is 18.2. The van der Waals surface area contributed by atoms with Gasteiger partial charge in [0.25, 0.3) is 0 Å². The number of rotatable bonds is 9. The van der Waals surface area contributed by atoms with Crippen LogP contribution in [-0.2, 0) is 20.9 Å². The van der Waals surface area contributed by atoms with Gasteiger partial charge in [0.15, 0.2) is 5.43 Å². The van der Waals surface area contributed by atoms with Crippen molar-refractivity contribution in [3.8, 4) is 0 Å². The van der Waals surface area contributed by atoms with Crippen LogP contribution in [0.5, 0.6) is 0 Å². The topological polar surface area (TPSA) is 90.1 Å². The van der Waals surface area contributed by atoms with Gasteiger partial charge in [0.2, 0.25) is 0 Å². The molecule has 2 unspecified atom stereocenters. The average Bonchev–Trinajstić information content (AvgIpc) is 3.21. The molecule has 2 heterocycles. The van der Waals surface area contributed by atoms with Crippen molar-refractivity contribution in [3.63, 3.8) is 0 Å². The molecule has 0 spiro atoms. The van der Waals surface area contributed by atoms with Crippen molar-refractivity contribution in [1.29, 1.82) is 0 Å². The summed E-state index contributed by atoms with van der Waals surface area (Å²) < 4.78 is 7.37. The van der Waals surface area contributed by atoms with E-state index in [1.807, 2.05) is 55.5 Å². The maximum atomic E-state index is 12.8. The molecule has 1 aliphatic rings. The van der Waals surface area contributed by atoms with Gasteiger partial charge < -0.3 is 19.2 Å². The highest BCUT2D eigenvalue weighted by molar-refractivity contribution is 5.93. The molecule has 2 atom stereocenters. The van der Waals surface area contributed by atoms with E-state index in [1.165, 1.54) is 0 Å². The lowest BCUT2D eigenvalue weighted by atomic mass is 10.1. The number of hydrogen-bond acceptors (Lipinski definition) is 6. The van der Waals surface area contributed by atoms with E-state index in [9.17, 15) is 14.7 Å². The molecular formula is C25H28N2O5. The number of aryl methyl sites for hydroxylation is 1. The van der Waals surface area contributed by atoms with E-state index in [0.717, 1.165) is 23.2 Å². The van der Waals surface area contributed by atoms with Gasteiger partial charge in [-0.15, -0.1) is 0 Å². The number of aromatic nitrogens is 1. The van der Waals surface area contributed by atoms with Crippen LogP contribution >= 0.6 is 0 Å². The minimum absolute atomic E-state index is 0.0350. The van der Waals surface area contributed by atoms with Crippen LogP contribution in [-0.4, -0.2) is 40.2 Å². The second-order valence-electron chi connectivity index (χ2n) is 8.30. The molecule has 7 nitrogen and oxygen atoms in total. The second kappa shape index (κ2) is 9.96. The molecule has 0 radical (unpaired) electrons. The maximum Gasteiger partial charge on any atom is 0.305 e. The molecule has 4 rings (SSSR count). The maximum absolute atomic E-state index is 12.8. The predicted molar refractivity (Wildman–Crippen MR) is 124 cm³/mol. The van der Waals surface area contributed by atoms with Gasteiger partial charge in [0.05, 0.1) is 22.8 Å². The Balaban J connectivity index is 1.29. The number of pyridine rings is 1. The quantitative estimate of drug-likeness (QED) is 0.313. The fraction of sp³-hybridized carbons (Fsp3) is 0.400. The number of carbonyl (C=O) groups excluding carboxylic acids is 1. The number of hydrogen-bond donors (Lipinski definition) is 1. The van der Waals surface area contributed by atoms with Crippen LogP contribution in [0.15, 0.2) is 58.5 Å². The van der Waals surface area contributed by atoms with E-state index >= 15 is 0 Å². The van der Waals surface area contributed by atoms with E-state index in [-0.39, 0.29) is 30.5 Å². The van der Waals surface area contributed by atoms with Crippen LogP contribution in [0.2, 0.25) is 0 Å². The SMILES string of the molecule is CC1=NOC(CC(O)COC(=O)CCCCn2c3ccccc3c(=O)c3ccccc32)C1. The number of fused-ring (bicyclic) bond motifs is 2. The summed E-state index contributed by atoms with van der Waals surface area (Å²) in [6.07, 6.45) is 1.88. The van der Waals surface area contributed by atoms with E-state index in [1.54, 1.807) is 0 Å². The molecule has 0 saturated heterocycles. The number of ether oxygens (including phenoxy) is 1. The summed E-state index contributed by atoms with van der Waals surface area (Å²) in [7, 11) is 0. The first-order valence-corrected chi connectivity index (χ1v) is 11.1. The smallest absolute Gasteiger partial charge is 0.305 e. The van der Waals surface area contributed by atoms with Crippen LogP contribution < -0.4 is 5.43 Å². The van der Waals surface area contributed by atoms with Crippen molar-refractivity contribution in [1.82, 2.24) is 4.57 Å². The Morgan fingerprint density at radius 1 is 1.16 bits per heavy atom. The van der Waals surface area contributed by atoms with Gasteiger partial charge in [-0.25, -0.2) is 0 Å². The minimum Gasteiger partial charge on any atom is -0.463 e. The van der Waals surface area contributed by atoms with Crippen molar-refractivity contribution < 1.29 is 19.5 Å². The number of benzene rings is 2. The van der Waals surface area contributed by atoms with Crippen LogP contribution in [0.1, 0.15) is 39.0 Å². The Bertz CT molecular complexity index is 1140. The van der Waals surface area contributed by atoms with Crippen LogP contribution in [0.3, 0.4) is 0 Å². The minimum atomic E-state index is -0.760. The lowest BCUT2D eigenvalue weighted by Gasteiger charge is -2.15.